The Balaban J connectivity index is 1.70. The molecule has 0 bridgehead atoms. The second-order valence-electron chi connectivity index (χ2n) is 5.88. The molecule has 2 unspecified atom stereocenters. The molecule has 0 radical (unpaired) electrons. The summed E-state index contributed by atoms with van der Waals surface area (Å²) in [6.45, 7) is 3.32. The highest BCUT2D eigenvalue weighted by atomic mass is 32.2. The number of fused-ring (bicyclic) bond motifs is 1. The molecule has 104 valence electrons. The maximum absolute atomic E-state index is 3.72. The van der Waals surface area contributed by atoms with Crippen LogP contribution in [0.4, 0.5) is 0 Å². The first kappa shape index (κ1) is 13.5. The number of likely N-dealkylation sites (N-methyl/N-ethyl adjacent to an activating group) is 1. The lowest BCUT2D eigenvalue weighted by molar-refractivity contribution is 0.495. The van der Waals surface area contributed by atoms with Crippen LogP contribution in [0.5, 0.6) is 0 Å². The fourth-order valence-corrected chi connectivity index (χ4v) is 4.92. The first-order valence-electron chi connectivity index (χ1n) is 7.82. The lowest BCUT2D eigenvalue weighted by Gasteiger charge is -2.24. The first-order chi connectivity index (χ1) is 9.36. The van der Waals surface area contributed by atoms with Gasteiger partial charge in [0, 0.05) is 11.3 Å². The molecule has 1 fully saturated rings. The molecule has 2 heteroatoms. The number of aryl methyl sites for hydroxylation is 2. The van der Waals surface area contributed by atoms with Crippen LogP contribution in [0, 0.1) is 0 Å². The van der Waals surface area contributed by atoms with E-state index in [0.29, 0.717) is 6.04 Å². The number of rotatable bonds is 5. The summed E-state index contributed by atoms with van der Waals surface area (Å²) in [6.07, 6.45) is 7.96. The quantitative estimate of drug-likeness (QED) is 0.881. The zero-order chi connectivity index (χ0) is 13.1. The van der Waals surface area contributed by atoms with Gasteiger partial charge in [0.2, 0.25) is 0 Å². The van der Waals surface area contributed by atoms with Crippen molar-refractivity contribution in [3.05, 3.63) is 34.9 Å². The van der Waals surface area contributed by atoms with E-state index in [2.05, 4.69) is 42.2 Å². The van der Waals surface area contributed by atoms with Gasteiger partial charge in [-0.2, -0.15) is 11.8 Å². The van der Waals surface area contributed by atoms with Crippen LogP contribution in [0.3, 0.4) is 0 Å². The minimum Gasteiger partial charge on any atom is -0.313 e. The predicted octanol–water partition coefficient (Wildman–Crippen LogP) is 3.59. The van der Waals surface area contributed by atoms with E-state index in [0.717, 1.165) is 11.8 Å². The van der Waals surface area contributed by atoms with Crippen LogP contribution in [0.1, 0.15) is 42.9 Å². The van der Waals surface area contributed by atoms with Gasteiger partial charge in [-0.1, -0.05) is 25.1 Å². The average molecular weight is 275 g/mol. The molecule has 1 N–H and O–H groups in total. The van der Waals surface area contributed by atoms with Crippen molar-refractivity contribution in [3.8, 4) is 0 Å². The van der Waals surface area contributed by atoms with Gasteiger partial charge in [-0.05, 0) is 67.5 Å². The van der Waals surface area contributed by atoms with Gasteiger partial charge in [0.05, 0.1) is 0 Å². The van der Waals surface area contributed by atoms with Crippen LogP contribution >= 0.6 is 11.8 Å². The second kappa shape index (κ2) is 6.32. The Morgan fingerprint density at radius 1 is 1.26 bits per heavy atom. The SMILES string of the molecule is CCNC(Cc1ccc2c(c1)CCC2)C1CCCS1. The van der Waals surface area contributed by atoms with Crippen molar-refractivity contribution >= 4 is 11.8 Å². The monoisotopic (exact) mass is 275 g/mol. The van der Waals surface area contributed by atoms with Gasteiger partial charge in [-0.3, -0.25) is 0 Å². The fourth-order valence-electron chi connectivity index (χ4n) is 3.52. The number of benzene rings is 1. The molecular weight excluding hydrogens is 250 g/mol. The fraction of sp³-hybridized carbons (Fsp3) is 0.647. The van der Waals surface area contributed by atoms with Crippen molar-refractivity contribution in [1.29, 1.82) is 0 Å². The number of thioether (sulfide) groups is 1. The summed E-state index contributed by atoms with van der Waals surface area (Å²) >= 11 is 2.17. The molecule has 1 heterocycles. The van der Waals surface area contributed by atoms with Crippen LogP contribution in [-0.2, 0) is 19.3 Å². The Morgan fingerprint density at radius 2 is 2.16 bits per heavy atom. The number of hydrogen-bond donors (Lipinski definition) is 1. The standard InChI is InChI=1S/C17H25NS/c1-2-18-16(17-7-4-10-19-17)12-13-8-9-14-5-3-6-15(14)11-13/h8-9,11,16-18H,2-7,10,12H2,1H3. The first-order valence-corrected chi connectivity index (χ1v) is 8.87. The summed E-state index contributed by atoms with van der Waals surface area (Å²) in [7, 11) is 0. The van der Waals surface area contributed by atoms with Crippen molar-refractivity contribution in [3.63, 3.8) is 0 Å². The van der Waals surface area contributed by atoms with Gasteiger partial charge in [0.15, 0.2) is 0 Å². The van der Waals surface area contributed by atoms with Gasteiger partial charge >= 0.3 is 0 Å². The molecule has 19 heavy (non-hydrogen) atoms. The topological polar surface area (TPSA) is 12.0 Å². The van der Waals surface area contributed by atoms with E-state index >= 15 is 0 Å². The average Bonchev–Trinajstić information content (AvgIpc) is 3.09. The van der Waals surface area contributed by atoms with Gasteiger partial charge < -0.3 is 5.32 Å². The van der Waals surface area contributed by atoms with Gasteiger partial charge in [-0.15, -0.1) is 0 Å². The molecule has 0 spiro atoms. The molecule has 1 aliphatic heterocycles. The largest absolute Gasteiger partial charge is 0.313 e. The lowest BCUT2D eigenvalue weighted by atomic mass is 9.98. The van der Waals surface area contributed by atoms with E-state index < -0.39 is 0 Å². The van der Waals surface area contributed by atoms with Crippen molar-refractivity contribution in [2.45, 2.75) is 56.7 Å². The molecular formula is C17H25NS. The maximum Gasteiger partial charge on any atom is 0.0226 e. The third-order valence-electron chi connectivity index (χ3n) is 4.50. The molecule has 1 nitrogen and oxygen atoms in total. The molecule has 2 aliphatic rings. The highest BCUT2D eigenvalue weighted by Crippen LogP contribution is 2.31. The normalized spacial score (nSPS) is 23.5. The van der Waals surface area contributed by atoms with E-state index in [4.69, 9.17) is 0 Å². The smallest absolute Gasteiger partial charge is 0.0226 e. The summed E-state index contributed by atoms with van der Waals surface area (Å²) in [4.78, 5) is 0. The summed E-state index contributed by atoms with van der Waals surface area (Å²) < 4.78 is 0. The lowest BCUT2D eigenvalue weighted by Crippen LogP contribution is -2.38. The minimum absolute atomic E-state index is 0.664. The predicted molar refractivity (Wildman–Crippen MR) is 85.1 cm³/mol. The molecule has 3 rings (SSSR count). The number of nitrogens with one attached hydrogen (secondary N) is 1. The van der Waals surface area contributed by atoms with Crippen molar-refractivity contribution in [1.82, 2.24) is 5.32 Å². The number of hydrogen-bond acceptors (Lipinski definition) is 2. The highest BCUT2D eigenvalue weighted by molar-refractivity contribution is 8.00. The third-order valence-corrected chi connectivity index (χ3v) is 6.02. The van der Waals surface area contributed by atoms with Crippen molar-refractivity contribution < 1.29 is 0 Å². The van der Waals surface area contributed by atoms with Crippen LogP contribution in [-0.4, -0.2) is 23.6 Å². The molecule has 0 aromatic heterocycles. The molecule has 1 aliphatic carbocycles. The van der Waals surface area contributed by atoms with E-state index in [1.807, 2.05) is 0 Å². The Kier molecular flexibility index (Phi) is 4.49. The highest BCUT2D eigenvalue weighted by Gasteiger charge is 2.25. The molecule has 0 amide bonds. The minimum atomic E-state index is 0.664. The van der Waals surface area contributed by atoms with Crippen LogP contribution in [0.25, 0.3) is 0 Å². The molecule has 0 saturated carbocycles. The van der Waals surface area contributed by atoms with E-state index in [1.54, 1.807) is 16.7 Å². The summed E-state index contributed by atoms with van der Waals surface area (Å²) in [6, 6.07) is 7.89. The zero-order valence-electron chi connectivity index (χ0n) is 12.0. The summed E-state index contributed by atoms with van der Waals surface area (Å²) in [5.41, 5.74) is 4.75. The van der Waals surface area contributed by atoms with Crippen molar-refractivity contribution in [2.75, 3.05) is 12.3 Å². The maximum atomic E-state index is 3.72. The second-order valence-corrected chi connectivity index (χ2v) is 7.22. The summed E-state index contributed by atoms with van der Waals surface area (Å²) in [5, 5.41) is 4.55. The molecule has 1 saturated heterocycles. The third kappa shape index (κ3) is 3.17. The van der Waals surface area contributed by atoms with E-state index in [-0.39, 0.29) is 0 Å². The van der Waals surface area contributed by atoms with Crippen LogP contribution in [0.15, 0.2) is 18.2 Å². The van der Waals surface area contributed by atoms with Crippen LogP contribution < -0.4 is 5.32 Å². The Morgan fingerprint density at radius 3 is 2.95 bits per heavy atom. The van der Waals surface area contributed by atoms with Gasteiger partial charge in [0.25, 0.3) is 0 Å². The van der Waals surface area contributed by atoms with Crippen LogP contribution in [0.2, 0.25) is 0 Å². The molecule has 1 aromatic rings. The zero-order valence-corrected chi connectivity index (χ0v) is 12.8. The van der Waals surface area contributed by atoms with Crippen molar-refractivity contribution in [2.24, 2.45) is 0 Å². The molecule has 2 atom stereocenters. The summed E-state index contributed by atoms with van der Waals surface area (Å²) in [5.74, 6) is 1.36. The Labute approximate surface area is 121 Å². The Bertz CT molecular complexity index is 423. The van der Waals surface area contributed by atoms with E-state index in [1.165, 1.54) is 44.3 Å². The van der Waals surface area contributed by atoms with E-state index in [9.17, 15) is 0 Å². The molecule has 1 aromatic carbocycles. The van der Waals surface area contributed by atoms with Gasteiger partial charge in [0.1, 0.15) is 0 Å². The Hall–Kier alpha value is -0.470. The van der Waals surface area contributed by atoms with Gasteiger partial charge in [-0.25, -0.2) is 0 Å².